The molecule has 5 heteroatoms. The zero-order valence-electron chi connectivity index (χ0n) is 19.3. The Balaban J connectivity index is 1.20. The van der Waals surface area contributed by atoms with E-state index >= 15 is 0 Å². The topological polar surface area (TPSA) is 62.3 Å². The van der Waals surface area contributed by atoms with E-state index in [1.54, 1.807) is 12.4 Å². The molecule has 4 rings (SSSR count). The van der Waals surface area contributed by atoms with Crippen LogP contribution in [0.4, 0.5) is 0 Å². The van der Waals surface area contributed by atoms with Gasteiger partial charge in [-0.25, -0.2) is 0 Å². The van der Waals surface area contributed by atoms with E-state index in [0.717, 1.165) is 57.2 Å². The van der Waals surface area contributed by atoms with Crippen LogP contribution in [0.15, 0.2) is 48.8 Å². The first-order valence-electron chi connectivity index (χ1n) is 12.0. The number of hydrogen-bond donors (Lipinski definition) is 1. The lowest BCUT2D eigenvalue weighted by Crippen LogP contribution is -2.40. The number of benzene rings is 1. The third-order valence-electron chi connectivity index (χ3n) is 7.09. The summed E-state index contributed by atoms with van der Waals surface area (Å²) in [4.78, 5) is 31.5. The van der Waals surface area contributed by atoms with Crippen molar-refractivity contribution in [3.63, 3.8) is 0 Å². The lowest BCUT2D eigenvalue weighted by molar-refractivity contribution is -0.123. The molecule has 1 unspecified atom stereocenters. The van der Waals surface area contributed by atoms with E-state index in [0.29, 0.717) is 12.5 Å². The van der Waals surface area contributed by atoms with Crippen molar-refractivity contribution in [3.8, 4) is 0 Å². The molecule has 1 saturated heterocycles. The molecule has 2 fully saturated rings. The van der Waals surface area contributed by atoms with Gasteiger partial charge >= 0.3 is 0 Å². The highest BCUT2D eigenvalue weighted by atomic mass is 16.2. The van der Waals surface area contributed by atoms with E-state index in [2.05, 4.69) is 36.3 Å². The predicted molar refractivity (Wildman–Crippen MR) is 126 cm³/mol. The molecule has 1 atom stereocenters. The largest absolute Gasteiger partial charge is 0.356 e. The molecular formula is C27H35N3O2. The van der Waals surface area contributed by atoms with Gasteiger partial charge < -0.3 is 10.2 Å². The zero-order valence-corrected chi connectivity index (χ0v) is 19.3. The van der Waals surface area contributed by atoms with Crippen molar-refractivity contribution in [1.82, 2.24) is 15.2 Å². The number of rotatable bonds is 8. The maximum Gasteiger partial charge on any atom is 0.253 e. The van der Waals surface area contributed by atoms with Crippen molar-refractivity contribution in [3.05, 3.63) is 65.5 Å². The van der Waals surface area contributed by atoms with Crippen molar-refractivity contribution in [2.24, 2.45) is 17.3 Å². The molecule has 0 bridgehead atoms. The molecule has 2 aliphatic rings. The van der Waals surface area contributed by atoms with Crippen LogP contribution in [0.1, 0.15) is 61.0 Å². The summed E-state index contributed by atoms with van der Waals surface area (Å²) < 4.78 is 0. The van der Waals surface area contributed by atoms with Gasteiger partial charge in [-0.05, 0) is 85.3 Å². The molecule has 1 aromatic heterocycles. The Hall–Kier alpha value is -2.69. The Morgan fingerprint density at radius 1 is 1.06 bits per heavy atom. The highest BCUT2D eigenvalue weighted by Gasteiger charge is 2.58. The standard InChI is InChI=1S/C27H35N3O2/c1-20(2)18-22-5-7-23(8-6-22)26(32)30-16-11-27(12-17-30)19-24(27)25(31)29-13-3-4-21-9-14-28-15-10-21/h5-10,14-15,20,24H,3-4,11-13,16-19H2,1-2H3,(H,29,31). The Labute approximate surface area is 191 Å². The molecule has 5 nitrogen and oxygen atoms in total. The number of nitrogens with zero attached hydrogens (tertiary/aromatic N) is 2. The van der Waals surface area contributed by atoms with Crippen LogP contribution in [0.25, 0.3) is 0 Å². The van der Waals surface area contributed by atoms with Crippen LogP contribution < -0.4 is 5.32 Å². The molecular weight excluding hydrogens is 398 g/mol. The van der Waals surface area contributed by atoms with Gasteiger partial charge in [0.15, 0.2) is 0 Å². The first kappa shape index (κ1) is 22.5. The third-order valence-corrected chi connectivity index (χ3v) is 7.09. The van der Waals surface area contributed by atoms with E-state index in [1.807, 2.05) is 29.2 Å². The lowest BCUT2D eigenvalue weighted by atomic mass is 9.90. The molecule has 1 aliphatic carbocycles. The minimum absolute atomic E-state index is 0.118. The zero-order chi connectivity index (χ0) is 22.6. The number of carbonyl (C=O) groups excluding carboxylic acids is 2. The monoisotopic (exact) mass is 433 g/mol. The van der Waals surface area contributed by atoms with Crippen LogP contribution in [0.2, 0.25) is 0 Å². The molecule has 2 aromatic rings. The number of likely N-dealkylation sites (tertiary alicyclic amines) is 1. The van der Waals surface area contributed by atoms with E-state index in [1.165, 1.54) is 11.1 Å². The number of aryl methyl sites for hydroxylation is 1. The van der Waals surface area contributed by atoms with Crippen molar-refractivity contribution >= 4 is 11.8 Å². The number of piperidine rings is 1. The summed E-state index contributed by atoms with van der Waals surface area (Å²) in [6.45, 7) is 6.62. The normalized spacial score (nSPS) is 19.2. The summed E-state index contributed by atoms with van der Waals surface area (Å²) >= 11 is 0. The summed E-state index contributed by atoms with van der Waals surface area (Å²) in [6.07, 6.45) is 9.37. The van der Waals surface area contributed by atoms with Gasteiger partial charge in [0.2, 0.25) is 5.91 Å². The van der Waals surface area contributed by atoms with E-state index in [9.17, 15) is 9.59 Å². The first-order chi connectivity index (χ1) is 15.5. The molecule has 1 aliphatic heterocycles. The molecule has 1 N–H and O–H groups in total. The Bertz CT molecular complexity index is 916. The smallest absolute Gasteiger partial charge is 0.253 e. The van der Waals surface area contributed by atoms with Crippen molar-refractivity contribution in [1.29, 1.82) is 0 Å². The van der Waals surface area contributed by atoms with Crippen LogP contribution in [0.3, 0.4) is 0 Å². The molecule has 2 heterocycles. The van der Waals surface area contributed by atoms with E-state index in [4.69, 9.17) is 0 Å². The molecule has 2 amide bonds. The maximum absolute atomic E-state index is 12.9. The fourth-order valence-electron chi connectivity index (χ4n) is 5.04. The quantitative estimate of drug-likeness (QED) is 0.633. The molecule has 32 heavy (non-hydrogen) atoms. The van der Waals surface area contributed by atoms with Gasteiger partial charge in [0, 0.05) is 43.5 Å². The van der Waals surface area contributed by atoms with Crippen molar-refractivity contribution < 1.29 is 9.59 Å². The fraction of sp³-hybridized carbons (Fsp3) is 0.519. The van der Waals surface area contributed by atoms with Gasteiger partial charge in [-0.2, -0.15) is 0 Å². The highest BCUT2D eigenvalue weighted by molar-refractivity contribution is 5.94. The Kier molecular flexibility index (Phi) is 6.92. The number of hydrogen-bond acceptors (Lipinski definition) is 3. The summed E-state index contributed by atoms with van der Waals surface area (Å²) in [5.41, 5.74) is 3.42. The van der Waals surface area contributed by atoms with Crippen molar-refractivity contribution in [2.45, 2.75) is 52.4 Å². The van der Waals surface area contributed by atoms with Gasteiger partial charge in [-0.1, -0.05) is 26.0 Å². The third kappa shape index (κ3) is 5.37. The summed E-state index contributed by atoms with van der Waals surface area (Å²) in [5.74, 6) is 1.05. The van der Waals surface area contributed by atoms with Gasteiger partial charge in [0.1, 0.15) is 0 Å². The SMILES string of the molecule is CC(C)Cc1ccc(C(=O)N2CCC3(CC2)CC3C(=O)NCCCc2ccncc2)cc1. The number of aromatic nitrogens is 1. The molecule has 170 valence electrons. The number of carbonyl (C=O) groups is 2. The predicted octanol–water partition coefficient (Wildman–Crippen LogP) is 4.27. The second-order valence-corrected chi connectivity index (χ2v) is 9.96. The fourth-order valence-corrected chi connectivity index (χ4v) is 5.04. The van der Waals surface area contributed by atoms with Crippen LogP contribution in [0.5, 0.6) is 0 Å². The summed E-state index contributed by atoms with van der Waals surface area (Å²) in [5, 5.41) is 3.13. The Morgan fingerprint density at radius 2 is 1.75 bits per heavy atom. The highest BCUT2D eigenvalue weighted by Crippen LogP contribution is 2.59. The van der Waals surface area contributed by atoms with E-state index < -0.39 is 0 Å². The maximum atomic E-state index is 12.9. The average molecular weight is 434 g/mol. The van der Waals surface area contributed by atoms with Gasteiger partial charge in [-0.15, -0.1) is 0 Å². The lowest BCUT2D eigenvalue weighted by Gasteiger charge is -2.33. The number of nitrogens with one attached hydrogen (secondary N) is 1. The number of pyridine rings is 1. The van der Waals surface area contributed by atoms with Crippen LogP contribution in [-0.4, -0.2) is 41.3 Å². The van der Waals surface area contributed by atoms with Gasteiger partial charge in [0.25, 0.3) is 5.91 Å². The summed E-state index contributed by atoms with van der Waals surface area (Å²) in [7, 11) is 0. The van der Waals surface area contributed by atoms with Crippen LogP contribution >= 0.6 is 0 Å². The minimum Gasteiger partial charge on any atom is -0.356 e. The van der Waals surface area contributed by atoms with E-state index in [-0.39, 0.29) is 23.1 Å². The number of amides is 2. The Morgan fingerprint density at radius 3 is 2.41 bits per heavy atom. The van der Waals surface area contributed by atoms with Crippen LogP contribution in [0, 0.1) is 17.3 Å². The molecule has 1 aromatic carbocycles. The van der Waals surface area contributed by atoms with Crippen LogP contribution in [-0.2, 0) is 17.6 Å². The average Bonchev–Trinajstić information content (AvgIpc) is 3.50. The summed E-state index contributed by atoms with van der Waals surface area (Å²) in [6, 6.07) is 12.1. The minimum atomic E-state index is 0.118. The second kappa shape index (κ2) is 9.85. The van der Waals surface area contributed by atoms with Crippen molar-refractivity contribution in [2.75, 3.05) is 19.6 Å². The second-order valence-electron chi connectivity index (χ2n) is 9.96. The molecule has 1 spiro atoms. The van der Waals surface area contributed by atoms with Gasteiger partial charge in [0.05, 0.1) is 0 Å². The molecule has 1 saturated carbocycles. The molecule has 0 radical (unpaired) electrons. The first-order valence-corrected chi connectivity index (χ1v) is 12.0. The van der Waals surface area contributed by atoms with Gasteiger partial charge in [-0.3, -0.25) is 14.6 Å².